The fourth-order valence-corrected chi connectivity index (χ4v) is 2.48. The van der Waals surface area contributed by atoms with Crippen molar-refractivity contribution in [3.05, 3.63) is 33.8 Å². The van der Waals surface area contributed by atoms with Crippen molar-refractivity contribution in [2.45, 2.75) is 32.6 Å². The summed E-state index contributed by atoms with van der Waals surface area (Å²) in [6, 6.07) is 5.84. The first kappa shape index (κ1) is 12.6. The largest absolute Gasteiger partial charge is 0.339 e. The first-order valence-corrected chi connectivity index (χ1v) is 7.03. The standard InChI is InChI=1S/C14H18BrNO/c1-11-10-12(6-7-13(11)15)14(17)16-8-4-2-3-5-9-16/h6-7,10H,2-5,8-9H2,1H3. The van der Waals surface area contributed by atoms with E-state index in [0.717, 1.165) is 41.5 Å². The molecule has 2 rings (SSSR count). The van der Waals surface area contributed by atoms with Crippen molar-refractivity contribution in [3.8, 4) is 0 Å². The molecule has 0 atom stereocenters. The highest BCUT2D eigenvalue weighted by Gasteiger charge is 2.17. The number of likely N-dealkylation sites (tertiary alicyclic amines) is 1. The summed E-state index contributed by atoms with van der Waals surface area (Å²) in [7, 11) is 0. The average molecular weight is 296 g/mol. The first-order valence-electron chi connectivity index (χ1n) is 6.24. The van der Waals surface area contributed by atoms with E-state index in [1.165, 1.54) is 12.8 Å². The summed E-state index contributed by atoms with van der Waals surface area (Å²) in [5.41, 5.74) is 1.93. The maximum atomic E-state index is 12.3. The summed E-state index contributed by atoms with van der Waals surface area (Å²) in [6.07, 6.45) is 4.79. The highest BCUT2D eigenvalue weighted by Crippen LogP contribution is 2.19. The second kappa shape index (κ2) is 5.67. The van der Waals surface area contributed by atoms with Crippen LogP contribution in [0.5, 0.6) is 0 Å². The topological polar surface area (TPSA) is 20.3 Å². The number of benzene rings is 1. The zero-order chi connectivity index (χ0) is 12.3. The van der Waals surface area contributed by atoms with Gasteiger partial charge in [0.1, 0.15) is 0 Å². The molecule has 0 aliphatic carbocycles. The van der Waals surface area contributed by atoms with E-state index in [4.69, 9.17) is 0 Å². The van der Waals surface area contributed by atoms with Crippen LogP contribution in [-0.2, 0) is 0 Å². The van der Waals surface area contributed by atoms with E-state index >= 15 is 0 Å². The normalized spacial score (nSPS) is 16.7. The molecule has 0 N–H and O–H groups in total. The zero-order valence-corrected chi connectivity index (χ0v) is 11.8. The third-order valence-corrected chi connectivity index (χ3v) is 4.19. The van der Waals surface area contributed by atoms with Gasteiger partial charge >= 0.3 is 0 Å². The van der Waals surface area contributed by atoms with Crippen LogP contribution in [-0.4, -0.2) is 23.9 Å². The molecule has 1 fully saturated rings. The highest BCUT2D eigenvalue weighted by atomic mass is 79.9. The fourth-order valence-electron chi connectivity index (χ4n) is 2.23. The predicted molar refractivity (Wildman–Crippen MR) is 73.3 cm³/mol. The molecule has 0 aromatic heterocycles. The summed E-state index contributed by atoms with van der Waals surface area (Å²) in [5.74, 6) is 0.183. The molecule has 1 aromatic carbocycles. The van der Waals surface area contributed by atoms with Gasteiger partial charge in [0, 0.05) is 23.1 Å². The second-order valence-electron chi connectivity index (χ2n) is 4.67. The molecule has 92 valence electrons. The van der Waals surface area contributed by atoms with Gasteiger partial charge in [-0.1, -0.05) is 28.8 Å². The van der Waals surface area contributed by atoms with Gasteiger partial charge in [0.05, 0.1) is 0 Å². The smallest absolute Gasteiger partial charge is 0.253 e. The number of carbonyl (C=O) groups is 1. The van der Waals surface area contributed by atoms with Crippen LogP contribution in [0, 0.1) is 6.92 Å². The van der Waals surface area contributed by atoms with Crippen molar-refractivity contribution < 1.29 is 4.79 Å². The SMILES string of the molecule is Cc1cc(C(=O)N2CCCCCC2)ccc1Br. The molecule has 3 heteroatoms. The molecule has 0 radical (unpaired) electrons. The molecule has 1 aliphatic rings. The van der Waals surface area contributed by atoms with Gasteiger partial charge in [-0.05, 0) is 43.5 Å². The predicted octanol–water partition coefficient (Wildman–Crippen LogP) is 3.77. The second-order valence-corrected chi connectivity index (χ2v) is 5.52. The molecule has 0 unspecified atom stereocenters. The maximum Gasteiger partial charge on any atom is 0.253 e. The Balaban J connectivity index is 2.14. The van der Waals surface area contributed by atoms with Crippen LogP contribution in [0.3, 0.4) is 0 Å². The van der Waals surface area contributed by atoms with Crippen LogP contribution in [0.2, 0.25) is 0 Å². The maximum absolute atomic E-state index is 12.3. The monoisotopic (exact) mass is 295 g/mol. The van der Waals surface area contributed by atoms with Gasteiger partial charge in [0.25, 0.3) is 5.91 Å². The Labute approximate surface area is 111 Å². The number of hydrogen-bond donors (Lipinski definition) is 0. The van der Waals surface area contributed by atoms with E-state index in [1.54, 1.807) is 0 Å². The van der Waals surface area contributed by atoms with Crippen molar-refractivity contribution in [2.75, 3.05) is 13.1 Å². The number of amides is 1. The minimum absolute atomic E-state index is 0.183. The number of nitrogens with zero attached hydrogens (tertiary/aromatic N) is 1. The zero-order valence-electron chi connectivity index (χ0n) is 10.2. The fraction of sp³-hybridized carbons (Fsp3) is 0.500. The van der Waals surface area contributed by atoms with Crippen molar-refractivity contribution in [1.29, 1.82) is 0 Å². The molecule has 0 bridgehead atoms. The van der Waals surface area contributed by atoms with Gasteiger partial charge < -0.3 is 4.90 Å². The molecule has 1 saturated heterocycles. The Bertz CT molecular complexity index is 409. The van der Waals surface area contributed by atoms with E-state index < -0.39 is 0 Å². The lowest BCUT2D eigenvalue weighted by molar-refractivity contribution is 0.0761. The lowest BCUT2D eigenvalue weighted by Crippen LogP contribution is -2.31. The molecule has 17 heavy (non-hydrogen) atoms. The van der Waals surface area contributed by atoms with Crippen molar-refractivity contribution >= 4 is 21.8 Å². The Morgan fingerprint density at radius 3 is 2.41 bits per heavy atom. The van der Waals surface area contributed by atoms with Crippen LogP contribution in [0.1, 0.15) is 41.6 Å². The summed E-state index contributed by atoms with van der Waals surface area (Å²) in [5, 5.41) is 0. The summed E-state index contributed by atoms with van der Waals surface area (Å²) >= 11 is 3.46. The number of rotatable bonds is 1. The molecule has 1 amide bonds. The van der Waals surface area contributed by atoms with Gasteiger partial charge in [-0.2, -0.15) is 0 Å². The molecule has 1 aliphatic heterocycles. The van der Waals surface area contributed by atoms with Crippen LogP contribution in [0.25, 0.3) is 0 Å². The van der Waals surface area contributed by atoms with Gasteiger partial charge in [-0.15, -0.1) is 0 Å². The number of aryl methyl sites for hydroxylation is 1. The van der Waals surface area contributed by atoms with Crippen LogP contribution >= 0.6 is 15.9 Å². The first-order chi connectivity index (χ1) is 8.18. The Hall–Kier alpha value is -0.830. The van der Waals surface area contributed by atoms with Gasteiger partial charge in [0.15, 0.2) is 0 Å². The molecular formula is C14H18BrNO. The average Bonchev–Trinajstić information content (AvgIpc) is 2.60. The Kier molecular flexibility index (Phi) is 4.21. The molecule has 1 heterocycles. The minimum atomic E-state index is 0.183. The van der Waals surface area contributed by atoms with Crippen LogP contribution < -0.4 is 0 Å². The van der Waals surface area contributed by atoms with E-state index in [9.17, 15) is 4.79 Å². The minimum Gasteiger partial charge on any atom is -0.339 e. The van der Waals surface area contributed by atoms with Crippen molar-refractivity contribution in [1.82, 2.24) is 4.90 Å². The lowest BCUT2D eigenvalue weighted by Gasteiger charge is -2.20. The van der Waals surface area contributed by atoms with Crippen molar-refractivity contribution in [3.63, 3.8) is 0 Å². The van der Waals surface area contributed by atoms with E-state index in [-0.39, 0.29) is 5.91 Å². The summed E-state index contributed by atoms with van der Waals surface area (Å²) in [4.78, 5) is 14.3. The Morgan fingerprint density at radius 2 is 1.82 bits per heavy atom. The van der Waals surface area contributed by atoms with Gasteiger partial charge in [-0.3, -0.25) is 4.79 Å². The van der Waals surface area contributed by atoms with Crippen LogP contribution in [0.4, 0.5) is 0 Å². The molecule has 1 aromatic rings. The number of halogens is 1. The van der Waals surface area contributed by atoms with E-state index in [2.05, 4.69) is 15.9 Å². The lowest BCUT2D eigenvalue weighted by atomic mass is 10.1. The quantitative estimate of drug-likeness (QED) is 0.772. The molecule has 0 spiro atoms. The molecule has 2 nitrogen and oxygen atoms in total. The van der Waals surface area contributed by atoms with E-state index in [1.807, 2.05) is 30.0 Å². The summed E-state index contributed by atoms with van der Waals surface area (Å²) in [6.45, 7) is 3.84. The highest BCUT2D eigenvalue weighted by molar-refractivity contribution is 9.10. The van der Waals surface area contributed by atoms with Crippen LogP contribution in [0.15, 0.2) is 22.7 Å². The molecule has 0 saturated carbocycles. The van der Waals surface area contributed by atoms with Crippen molar-refractivity contribution in [2.24, 2.45) is 0 Å². The molecular weight excluding hydrogens is 278 g/mol. The van der Waals surface area contributed by atoms with Gasteiger partial charge in [0.2, 0.25) is 0 Å². The number of carbonyl (C=O) groups excluding carboxylic acids is 1. The Morgan fingerprint density at radius 1 is 1.18 bits per heavy atom. The van der Waals surface area contributed by atoms with Gasteiger partial charge in [-0.25, -0.2) is 0 Å². The number of hydrogen-bond acceptors (Lipinski definition) is 1. The van der Waals surface area contributed by atoms with E-state index in [0.29, 0.717) is 0 Å². The summed E-state index contributed by atoms with van der Waals surface area (Å²) < 4.78 is 1.06. The third-order valence-electron chi connectivity index (χ3n) is 3.30. The third kappa shape index (κ3) is 3.09.